The molecule has 3 heterocycles. The van der Waals surface area contributed by atoms with Gasteiger partial charge in [0.2, 0.25) is 24.4 Å². The van der Waals surface area contributed by atoms with Crippen molar-refractivity contribution >= 4 is 11.6 Å². The van der Waals surface area contributed by atoms with E-state index in [1.54, 1.807) is 6.07 Å². The summed E-state index contributed by atoms with van der Waals surface area (Å²) < 4.78 is 16.2. The topological polar surface area (TPSA) is 89.7 Å². The number of nitrogens with one attached hydrogen (secondary N) is 1. The highest BCUT2D eigenvalue weighted by atomic mass is 16.7. The smallest absolute Gasteiger partial charge is 0.241 e. The molecule has 8 nitrogen and oxygen atoms in total. The van der Waals surface area contributed by atoms with Crippen molar-refractivity contribution in [3.05, 3.63) is 53.9 Å². The molecule has 0 bridgehead atoms. The fourth-order valence-electron chi connectivity index (χ4n) is 3.96. The number of carbonyl (C=O) groups excluding carboxylic acids is 1. The van der Waals surface area contributed by atoms with Gasteiger partial charge >= 0.3 is 0 Å². The summed E-state index contributed by atoms with van der Waals surface area (Å²) in [6.45, 7) is 4.34. The van der Waals surface area contributed by atoms with E-state index >= 15 is 0 Å². The van der Waals surface area contributed by atoms with Gasteiger partial charge in [-0.15, -0.1) is 0 Å². The van der Waals surface area contributed by atoms with Crippen LogP contribution in [0, 0.1) is 12.8 Å². The molecular weight excluding hydrogens is 396 g/mol. The summed E-state index contributed by atoms with van der Waals surface area (Å²) in [5, 5.41) is 7.11. The van der Waals surface area contributed by atoms with E-state index < -0.39 is 0 Å². The van der Waals surface area contributed by atoms with Crippen LogP contribution >= 0.6 is 0 Å². The van der Waals surface area contributed by atoms with Crippen molar-refractivity contribution in [3.63, 3.8) is 0 Å². The van der Waals surface area contributed by atoms with E-state index in [0.29, 0.717) is 42.0 Å². The second kappa shape index (κ2) is 8.39. The highest BCUT2D eigenvalue weighted by Crippen LogP contribution is 2.34. The van der Waals surface area contributed by atoms with Gasteiger partial charge in [0.1, 0.15) is 0 Å². The number of likely N-dealkylation sites (tertiary alicyclic amines) is 1. The van der Waals surface area contributed by atoms with Gasteiger partial charge in [0.25, 0.3) is 0 Å². The van der Waals surface area contributed by atoms with Crippen molar-refractivity contribution in [2.75, 3.05) is 25.2 Å². The lowest BCUT2D eigenvalue weighted by Gasteiger charge is -2.30. The Labute approximate surface area is 180 Å². The lowest BCUT2D eigenvalue weighted by atomic mass is 9.97. The number of anilines is 1. The molecule has 2 aliphatic heterocycles. The third-order valence-corrected chi connectivity index (χ3v) is 5.65. The summed E-state index contributed by atoms with van der Waals surface area (Å²) in [4.78, 5) is 19.5. The Hall–Kier alpha value is -3.39. The van der Waals surface area contributed by atoms with Crippen LogP contribution in [0.4, 0.5) is 5.69 Å². The molecule has 0 spiro atoms. The van der Waals surface area contributed by atoms with Gasteiger partial charge in [-0.05, 0) is 38.4 Å². The SMILES string of the molecule is Cc1ccc(-c2noc(CN3CCCC(C(=O)Nc4ccc5c(c4)OCO5)C3)n2)cc1. The number of fused-ring (bicyclic) bond motifs is 1. The van der Waals surface area contributed by atoms with Crippen LogP contribution in [0.15, 0.2) is 47.0 Å². The highest BCUT2D eigenvalue weighted by molar-refractivity contribution is 5.93. The first-order chi connectivity index (χ1) is 15.1. The average molecular weight is 420 g/mol. The second-order valence-corrected chi connectivity index (χ2v) is 8.01. The molecule has 31 heavy (non-hydrogen) atoms. The minimum absolute atomic E-state index is 0.00874. The second-order valence-electron chi connectivity index (χ2n) is 8.01. The van der Waals surface area contributed by atoms with E-state index in [2.05, 4.69) is 20.4 Å². The molecular formula is C23H24N4O4. The summed E-state index contributed by atoms with van der Waals surface area (Å²) >= 11 is 0. The quantitative estimate of drug-likeness (QED) is 0.674. The van der Waals surface area contributed by atoms with Crippen LogP contribution in [0.5, 0.6) is 11.5 Å². The molecule has 1 saturated heterocycles. The zero-order valence-corrected chi connectivity index (χ0v) is 17.3. The lowest BCUT2D eigenvalue weighted by molar-refractivity contribution is -0.121. The van der Waals surface area contributed by atoms with Crippen LogP contribution < -0.4 is 14.8 Å². The van der Waals surface area contributed by atoms with Gasteiger partial charge in [0.15, 0.2) is 11.5 Å². The maximum Gasteiger partial charge on any atom is 0.241 e. The standard InChI is InChI=1S/C23H24N4O4/c1-15-4-6-16(7-5-15)22-25-21(31-26-22)13-27-10-2-3-17(12-27)23(28)24-18-8-9-19-20(11-18)30-14-29-19/h4-9,11,17H,2-3,10,12-14H2,1H3,(H,24,28). The Balaban J connectivity index is 1.19. The average Bonchev–Trinajstić information content (AvgIpc) is 3.44. The van der Waals surface area contributed by atoms with Crippen molar-refractivity contribution in [2.24, 2.45) is 5.92 Å². The molecule has 0 aliphatic carbocycles. The lowest BCUT2D eigenvalue weighted by Crippen LogP contribution is -2.40. The van der Waals surface area contributed by atoms with Gasteiger partial charge < -0.3 is 19.3 Å². The molecule has 1 fully saturated rings. The predicted molar refractivity (Wildman–Crippen MR) is 114 cm³/mol. The molecule has 1 amide bonds. The monoisotopic (exact) mass is 420 g/mol. The maximum atomic E-state index is 12.8. The molecule has 2 aromatic carbocycles. The number of aromatic nitrogens is 2. The first-order valence-corrected chi connectivity index (χ1v) is 10.5. The van der Waals surface area contributed by atoms with E-state index in [-0.39, 0.29) is 18.6 Å². The number of carbonyl (C=O) groups is 1. The number of aryl methyl sites for hydroxylation is 1. The van der Waals surface area contributed by atoms with Gasteiger partial charge in [-0.2, -0.15) is 4.98 Å². The molecule has 5 rings (SSSR count). The number of piperidine rings is 1. The third kappa shape index (κ3) is 4.39. The number of benzene rings is 2. The first kappa shape index (κ1) is 19.6. The fourth-order valence-corrected chi connectivity index (χ4v) is 3.96. The molecule has 0 radical (unpaired) electrons. The fraction of sp³-hybridized carbons (Fsp3) is 0.348. The van der Waals surface area contributed by atoms with Crippen molar-refractivity contribution in [2.45, 2.75) is 26.3 Å². The summed E-state index contributed by atoms with van der Waals surface area (Å²) in [6, 6.07) is 13.5. The Bertz CT molecular complexity index is 1080. The zero-order valence-electron chi connectivity index (χ0n) is 17.3. The van der Waals surface area contributed by atoms with E-state index in [1.807, 2.05) is 43.3 Å². The highest BCUT2D eigenvalue weighted by Gasteiger charge is 2.27. The van der Waals surface area contributed by atoms with Gasteiger partial charge in [0, 0.05) is 23.9 Å². The summed E-state index contributed by atoms with van der Waals surface area (Å²) in [7, 11) is 0. The number of hydrogen-bond acceptors (Lipinski definition) is 7. The molecule has 1 N–H and O–H groups in total. The zero-order chi connectivity index (χ0) is 21.2. The molecule has 160 valence electrons. The molecule has 2 aliphatic rings. The molecule has 1 aromatic heterocycles. The summed E-state index contributed by atoms with van der Waals surface area (Å²) in [5.41, 5.74) is 2.83. The molecule has 8 heteroatoms. The van der Waals surface area contributed by atoms with Gasteiger partial charge in [0.05, 0.1) is 12.5 Å². The van der Waals surface area contributed by atoms with E-state index in [1.165, 1.54) is 5.56 Å². The Morgan fingerprint density at radius 3 is 2.87 bits per heavy atom. The van der Waals surface area contributed by atoms with Crippen molar-refractivity contribution in [1.29, 1.82) is 0 Å². The van der Waals surface area contributed by atoms with Crippen molar-refractivity contribution < 1.29 is 18.8 Å². The minimum atomic E-state index is -0.0985. The van der Waals surface area contributed by atoms with E-state index in [9.17, 15) is 4.79 Å². The van der Waals surface area contributed by atoms with Gasteiger partial charge in [-0.3, -0.25) is 9.69 Å². The summed E-state index contributed by atoms with van der Waals surface area (Å²) in [5.74, 6) is 2.42. The van der Waals surface area contributed by atoms with E-state index in [0.717, 1.165) is 24.9 Å². The van der Waals surface area contributed by atoms with Crippen LogP contribution in [0.1, 0.15) is 24.3 Å². The van der Waals surface area contributed by atoms with Crippen LogP contribution in [-0.2, 0) is 11.3 Å². The molecule has 1 atom stereocenters. The maximum absolute atomic E-state index is 12.8. The third-order valence-electron chi connectivity index (χ3n) is 5.65. The number of hydrogen-bond donors (Lipinski definition) is 1. The number of amides is 1. The molecule has 3 aromatic rings. The Morgan fingerprint density at radius 1 is 1.16 bits per heavy atom. The summed E-state index contributed by atoms with van der Waals surface area (Å²) in [6.07, 6.45) is 1.80. The van der Waals surface area contributed by atoms with Crippen LogP contribution in [0.25, 0.3) is 11.4 Å². The molecule has 1 unspecified atom stereocenters. The first-order valence-electron chi connectivity index (χ1n) is 10.5. The Kier molecular flexibility index (Phi) is 5.30. The number of nitrogens with zero attached hydrogens (tertiary/aromatic N) is 3. The number of rotatable bonds is 5. The van der Waals surface area contributed by atoms with E-state index in [4.69, 9.17) is 14.0 Å². The predicted octanol–water partition coefficient (Wildman–Crippen LogP) is 3.62. The molecule has 0 saturated carbocycles. The van der Waals surface area contributed by atoms with Crippen molar-refractivity contribution in [1.82, 2.24) is 15.0 Å². The van der Waals surface area contributed by atoms with Crippen LogP contribution in [0.3, 0.4) is 0 Å². The minimum Gasteiger partial charge on any atom is -0.454 e. The normalized spacial score (nSPS) is 18.2. The largest absolute Gasteiger partial charge is 0.454 e. The van der Waals surface area contributed by atoms with Crippen LogP contribution in [-0.4, -0.2) is 40.8 Å². The Morgan fingerprint density at radius 2 is 2.00 bits per heavy atom. The number of ether oxygens (including phenoxy) is 2. The van der Waals surface area contributed by atoms with Crippen LogP contribution in [0.2, 0.25) is 0 Å². The van der Waals surface area contributed by atoms with Gasteiger partial charge in [-0.25, -0.2) is 0 Å². The van der Waals surface area contributed by atoms with Crippen molar-refractivity contribution in [3.8, 4) is 22.9 Å². The van der Waals surface area contributed by atoms with Gasteiger partial charge in [-0.1, -0.05) is 35.0 Å².